The predicted octanol–water partition coefficient (Wildman–Crippen LogP) is 1.69. The van der Waals surface area contributed by atoms with E-state index in [0.29, 0.717) is 24.1 Å². The highest BCUT2D eigenvalue weighted by Crippen LogP contribution is 2.22. The first-order valence-electron chi connectivity index (χ1n) is 5.08. The second kappa shape index (κ2) is 4.53. The van der Waals surface area contributed by atoms with Gasteiger partial charge in [0, 0.05) is 12.6 Å². The molecule has 1 aromatic rings. The lowest BCUT2D eigenvalue weighted by Gasteiger charge is -2.17. The Morgan fingerprint density at radius 2 is 2.38 bits per heavy atom. The summed E-state index contributed by atoms with van der Waals surface area (Å²) >= 11 is 5.74. The summed E-state index contributed by atoms with van der Waals surface area (Å²) in [5.41, 5.74) is 0. The van der Waals surface area contributed by atoms with Crippen LogP contribution in [-0.2, 0) is 9.47 Å². The van der Waals surface area contributed by atoms with Crippen LogP contribution in [0, 0.1) is 0 Å². The van der Waals surface area contributed by atoms with Crippen LogP contribution in [0.15, 0.2) is 12.4 Å². The van der Waals surface area contributed by atoms with Crippen molar-refractivity contribution in [1.29, 1.82) is 0 Å². The molecule has 0 aliphatic carbocycles. The van der Waals surface area contributed by atoms with Crippen molar-refractivity contribution >= 4 is 17.4 Å². The first-order chi connectivity index (χ1) is 7.55. The lowest BCUT2D eigenvalue weighted by molar-refractivity contribution is -0.136. The molecule has 1 atom stereocenters. The Kier molecular flexibility index (Phi) is 3.28. The van der Waals surface area contributed by atoms with Gasteiger partial charge in [0.15, 0.2) is 5.79 Å². The molecule has 1 saturated heterocycles. The minimum Gasteiger partial charge on any atom is -0.367 e. The molecule has 2 heterocycles. The number of halogens is 1. The fourth-order valence-electron chi connectivity index (χ4n) is 1.51. The molecule has 0 bridgehead atoms. The fourth-order valence-corrected chi connectivity index (χ4v) is 1.66. The van der Waals surface area contributed by atoms with Crippen molar-refractivity contribution in [3.05, 3.63) is 17.5 Å². The fraction of sp³-hybridized carbons (Fsp3) is 0.600. The maximum Gasteiger partial charge on any atom is 0.163 e. The van der Waals surface area contributed by atoms with E-state index in [1.165, 1.54) is 6.33 Å². The molecule has 1 N–H and O–H groups in total. The van der Waals surface area contributed by atoms with Crippen LogP contribution in [0.4, 0.5) is 5.82 Å². The van der Waals surface area contributed by atoms with Crippen LogP contribution in [-0.4, -0.2) is 35.0 Å². The Morgan fingerprint density at radius 3 is 3.00 bits per heavy atom. The van der Waals surface area contributed by atoms with E-state index in [0.717, 1.165) is 0 Å². The van der Waals surface area contributed by atoms with Crippen molar-refractivity contribution in [2.45, 2.75) is 25.7 Å². The Morgan fingerprint density at radius 1 is 1.56 bits per heavy atom. The Labute approximate surface area is 99.1 Å². The zero-order valence-electron chi connectivity index (χ0n) is 9.24. The maximum absolute atomic E-state index is 5.74. The molecule has 0 saturated carbocycles. The number of aromatic nitrogens is 2. The molecule has 1 aromatic heterocycles. The lowest BCUT2D eigenvalue weighted by Crippen LogP contribution is -2.26. The van der Waals surface area contributed by atoms with Crippen LogP contribution in [0.2, 0.25) is 5.15 Å². The third kappa shape index (κ3) is 3.04. The standard InChI is InChI=1S/C10H14ClN3O2/c1-10(2)15-5-7(16-10)4-12-9-3-8(11)13-6-14-9/h3,6-7H,4-5H2,1-2H3,(H,12,13,14). The van der Waals surface area contributed by atoms with Crippen LogP contribution >= 0.6 is 11.6 Å². The molecule has 1 aliphatic rings. The number of nitrogens with one attached hydrogen (secondary N) is 1. The molecule has 88 valence electrons. The van der Waals surface area contributed by atoms with Gasteiger partial charge in [-0.15, -0.1) is 0 Å². The number of hydrogen-bond donors (Lipinski definition) is 1. The lowest BCUT2D eigenvalue weighted by atomic mass is 10.3. The molecular weight excluding hydrogens is 230 g/mol. The van der Waals surface area contributed by atoms with Gasteiger partial charge in [0.05, 0.1) is 6.61 Å². The molecule has 1 aliphatic heterocycles. The molecular formula is C10H14ClN3O2. The van der Waals surface area contributed by atoms with E-state index in [4.69, 9.17) is 21.1 Å². The van der Waals surface area contributed by atoms with Gasteiger partial charge in [-0.2, -0.15) is 0 Å². The van der Waals surface area contributed by atoms with E-state index in [-0.39, 0.29) is 6.10 Å². The zero-order valence-corrected chi connectivity index (χ0v) is 9.99. The van der Waals surface area contributed by atoms with Crippen molar-refractivity contribution in [1.82, 2.24) is 9.97 Å². The topological polar surface area (TPSA) is 56.3 Å². The minimum absolute atomic E-state index is 0.0312. The monoisotopic (exact) mass is 243 g/mol. The molecule has 1 unspecified atom stereocenters. The summed E-state index contributed by atoms with van der Waals surface area (Å²) in [4.78, 5) is 7.83. The third-order valence-corrected chi connectivity index (χ3v) is 2.42. The van der Waals surface area contributed by atoms with Gasteiger partial charge in [-0.1, -0.05) is 11.6 Å². The summed E-state index contributed by atoms with van der Waals surface area (Å²) in [6.45, 7) is 5.01. The Balaban J connectivity index is 1.84. The molecule has 16 heavy (non-hydrogen) atoms. The summed E-state index contributed by atoms with van der Waals surface area (Å²) in [5, 5.41) is 3.54. The maximum atomic E-state index is 5.74. The van der Waals surface area contributed by atoms with Gasteiger partial charge in [-0.05, 0) is 13.8 Å². The number of rotatable bonds is 3. The zero-order chi connectivity index (χ0) is 11.6. The molecule has 5 nitrogen and oxygen atoms in total. The number of anilines is 1. The summed E-state index contributed by atoms with van der Waals surface area (Å²) in [7, 11) is 0. The van der Waals surface area contributed by atoms with Crippen LogP contribution in [0.1, 0.15) is 13.8 Å². The highest BCUT2D eigenvalue weighted by Gasteiger charge is 2.32. The average Bonchev–Trinajstić information content (AvgIpc) is 2.56. The van der Waals surface area contributed by atoms with Gasteiger partial charge in [-0.3, -0.25) is 0 Å². The summed E-state index contributed by atoms with van der Waals surface area (Å²) < 4.78 is 11.1. The van der Waals surface area contributed by atoms with Crippen LogP contribution in [0.5, 0.6) is 0 Å². The largest absolute Gasteiger partial charge is 0.367 e. The molecule has 0 aromatic carbocycles. The smallest absolute Gasteiger partial charge is 0.163 e. The van der Waals surface area contributed by atoms with Gasteiger partial charge in [0.1, 0.15) is 23.4 Å². The molecule has 1 fully saturated rings. The highest BCUT2D eigenvalue weighted by molar-refractivity contribution is 6.29. The molecule has 0 spiro atoms. The van der Waals surface area contributed by atoms with E-state index in [9.17, 15) is 0 Å². The van der Waals surface area contributed by atoms with Gasteiger partial charge >= 0.3 is 0 Å². The first-order valence-corrected chi connectivity index (χ1v) is 5.46. The minimum atomic E-state index is -0.490. The number of nitrogens with zero attached hydrogens (tertiary/aromatic N) is 2. The molecule has 6 heteroatoms. The van der Waals surface area contributed by atoms with E-state index < -0.39 is 5.79 Å². The van der Waals surface area contributed by atoms with Crippen LogP contribution < -0.4 is 5.32 Å². The second-order valence-electron chi connectivity index (χ2n) is 4.06. The summed E-state index contributed by atoms with van der Waals surface area (Å²) in [5.74, 6) is 0.198. The second-order valence-corrected chi connectivity index (χ2v) is 4.44. The van der Waals surface area contributed by atoms with E-state index >= 15 is 0 Å². The first kappa shape index (κ1) is 11.6. The van der Waals surface area contributed by atoms with E-state index in [2.05, 4.69) is 15.3 Å². The van der Waals surface area contributed by atoms with Gasteiger partial charge in [0.25, 0.3) is 0 Å². The van der Waals surface area contributed by atoms with Crippen molar-refractivity contribution in [3.8, 4) is 0 Å². The highest BCUT2D eigenvalue weighted by atomic mass is 35.5. The SMILES string of the molecule is CC1(C)OCC(CNc2cc(Cl)ncn2)O1. The van der Waals surface area contributed by atoms with Crippen molar-refractivity contribution in [2.24, 2.45) is 0 Å². The average molecular weight is 244 g/mol. The van der Waals surface area contributed by atoms with Crippen molar-refractivity contribution in [2.75, 3.05) is 18.5 Å². The number of ether oxygens (including phenoxy) is 2. The van der Waals surface area contributed by atoms with Crippen LogP contribution in [0.25, 0.3) is 0 Å². The van der Waals surface area contributed by atoms with Gasteiger partial charge in [-0.25, -0.2) is 9.97 Å². The van der Waals surface area contributed by atoms with Gasteiger partial charge < -0.3 is 14.8 Å². The van der Waals surface area contributed by atoms with Gasteiger partial charge in [0.2, 0.25) is 0 Å². The van der Waals surface area contributed by atoms with E-state index in [1.54, 1.807) is 6.07 Å². The van der Waals surface area contributed by atoms with Crippen molar-refractivity contribution < 1.29 is 9.47 Å². The number of hydrogen-bond acceptors (Lipinski definition) is 5. The Hall–Kier alpha value is -0.910. The van der Waals surface area contributed by atoms with Crippen LogP contribution in [0.3, 0.4) is 0 Å². The van der Waals surface area contributed by atoms with Crippen molar-refractivity contribution in [3.63, 3.8) is 0 Å². The van der Waals surface area contributed by atoms with E-state index in [1.807, 2.05) is 13.8 Å². The Bertz CT molecular complexity index is 373. The summed E-state index contributed by atoms with van der Waals surface area (Å²) in [6.07, 6.45) is 1.45. The summed E-state index contributed by atoms with van der Waals surface area (Å²) in [6, 6.07) is 1.67. The molecule has 2 rings (SSSR count). The molecule has 0 radical (unpaired) electrons. The normalized spacial score (nSPS) is 23.3. The molecule has 0 amide bonds. The quantitative estimate of drug-likeness (QED) is 0.819. The predicted molar refractivity (Wildman–Crippen MR) is 60.4 cm³/mol. The third-order valence-electron chi connectivity index (χ3n) is 2.21.